The van der Waals surface area contributed by atoms with E-state index in [2.05, 4.69) is 20.3 Å². The van der Waals surface area contributed by atoms with E-state index in [1.54, 1.807) is 12.4 Å². The van der Waals surface area contributed by atoms with E-state index < -0.39 is 11.7 Å². The van der Waals surface area contributed by atoms with Gasteiger partial charge >= 0.3 is 0 Å². The highest BCUT2D eigenvalue weighted by atomic mass is 19.1. The number of hydrogen-bond donors (Lipinski definition) is 4. The van der Waals surface area contributed by atoms with Crippen molar-refractivity contribution in [3.05, 3.63) is 42.1 Å². The second-order valence-electron chi connectivity index (χ2n) is 5.56. The van der Waals surface area contributed by atoms with Crippen LogP contribution in [0.1, 0.15) is 10.4 Å². The molecule has 26 heavy (non-hydrogen) atoms. The molecule has 0 saturated carbocycles. The van der Waals surface area contributed by atoms with Crippen molar-refractivity contribution in [2.75, 3.05) is 11.5 Å². The number of nitrogens with one attached hydrogen (secondary N) is 1. The van der Waals surface area contributed by atoms with Crippen LogP contribution in [0.3, 0.4) is 0 Å². The summed E-state index contributed by atoms with van der Waals surface area (Å²) in [4.78, 5) is 15.8. The molecule has 0 unspecified atom stereocenters. The standard InChI is InChI=1S/C16H12FN7O2/c17-10-2-11(18)8(16(20)25)1-7(10)13-12-14(26-24-15(12)19)9(5-21-13)6-3-22-23-4-6/h1-5H,18H2,(H2,19,24)(H2,20,25)(H,22,23). The second-order valence-corrected chi connectivity index (χ2v) is 5.56. The fourth-order valence-electron chi connectivity index (χ4n) is 2.76. The summed E-state index contributed by atoms with van der Waals surface area (Å²) in [5, 5.41) is 10.6. The third kappa shape index (κ3) is 2.24. The summed E-state index contributed by atoms with van der Waals surface area (Å²) in [5.41, 5.74) is 18.5. The molecule has 130 valence electrons. The van der Waals surface area contributed by atoms with E-state index in [1.165, 1.54) is 12.3 Å². The third-order valence-corrected chi connectivity index (χ3v) is 3.99. The van der Waals surface area contributed by atoms with Crippen molar-refractivity contribution in [3.63, 3.8) is 0 Å². The fourth-order valence-corrected chi connectivity index (χ4v) is 2.76. The largest absolute Gasteiger partial charge is 0.398 e. The van der Waals surface area contributed by atoms with Crippen LogP contribution < -0.4 is 17.2 Å². The molecule has 3 heterocycles. The maximum absolute atomic E-state index is 14.5. The van der Waals surface area contributed by atoms with Crippen molar-refractivity contribution in [1.82, 2.24) is 20.3 Å². The number of rotatable bonds is 3. The Labute approximate surface area is 145 Å². The predicted molar refractivity (Wildman–Crippen MR) is 92.1 cm³/mol. The SMILES string of the molecule is NC(=O)c1cc(-c2ncc(-c3cn[nH]c3)c3onc(N)c23)c(F)cc1N. The van der Waals surface area contributed by atoms with Crippen LogP contribution in [0.15, 0.2) is 35.2 Å². The molecule has 9 nitrogen and oxygen atoms in total. The minimum Gasteiger partial charge on any atom is -0.398 e. The first-order valence-electron chi connectivity index (χ1n) is 7.39. The molecule has 1 aromatic carbocycles. The number of primary amides is 1. The van der Waals surface area contributed by atoms with Crippen molar-refractivity contribution in [2.45, 2.75) is 0 Å². The van der Waals surface area contributed by atoms with Crippen molar-refractivity contribution in [3.8, 4) is 22.4 Å². The topological polar surface area (TPSA) is 163 Å². The Morgan fingerprint density at radius 3 is 2.69 bits per heavy atom. The Morgan fingerprint density at radius 2 is 2.00 bits per heavy atom. The highest BCUT2D eigenvalue weighted by Crippen LogP contribution is 2.38. The zero-order chi connectivity index (χ0) is 18.4. The van der Waals surface area contributed by atoms with Gasteiger partial charge in [-0.3, -0.25) is 14.9 Å². The molecule has 1 amide bonds. The lowest BCUT2D eigenvalue weighted by Gasteiger charge is -2.09. The lowest BCUT2D eigenvalue weighted by atomic mass is 10.0. The van der Waals surface area contributed by atoms with Crippen LogP contribution in [0.25, 0.3) is 33.4 Å². The summed E-state index contributed by atoms with van der Waals surface area (Å²) in [6, 6.07) is 2.25. The summed E-state index contributed by atoms with van der Waals surface area (Å²) < 4.78 is 19.9. The maximum atomic E-state index is 14.5. The zero-order valence-electron chi connectivity index (χ0n) is 13.2. The number of carbonyl (C=O) groups excluding carboxylic acids is 1. The van der Waals surface area contributed by atoms with Crippen molar-refractivity contribution < 1.29 is 13.7 Å². The molecule has 7 N–H and O–H groups in total. The summed E-state index contributed by atoms with van der Waals surface area (Å²) in [7, 11) is 0. The van der Waals surface area contributed by atoms with Crippen LogP contribution in [0, 0.1) is 5.82 Å². The number of pyridine rings is 1. The van der Waals surface area contributed by atoms with E-state index in [9.17, 15) is 9.18 Å². The van der Waals surface area contributed by atoms with Gasteiger partial charge in [-0.15, -0.1) is 0 Å². The minimum atomic E-state index is -0.784. The average Bonchev–Trinajstić information content (AvgIpc) is 3.25. The van der Waals surface area contributed by atoms with Gasteiger partial charge in [-0.05, 0) is 12.1 Å². The molecule has 0 atom stereocenters. The second kappa shape index (κ2) is 5.55. The Bertz CT molecular complexity index is 1150. The number of H-pyrrole nitrogens is 1. The molecular formula is C16H12FN7O2. The molecule has 0 aliphatic carbocycles. The van der Waals surface area contributed by atoms with Gasteiger partial charge in [0.2, 0.25) is 0 Å². The highest BCUT2D eigenvalue weighted by molar-refractivity contribution is 6.06. The van der Waals surface area contributed by atoms with E-state index in [0.29, 0.717) is 22.1 Å². The molecule has 3 aromatic heterocycles. The van der Waals surface area contributed by atoms with Gasteiger partial charge in [0.1, 0.15) is 5.82 Å². The average molecular weight is 353 g/mol. The first kappa shape index (κ1) is 15.6. The van der Waals surface area contributed by atoms with E-state index >= 15 is 0 Å². The molecule has 0 spiro atoms. The Hall–Kier alpha value is -3.95. The molecule has 0 bridgehead atoms. The first-order valence-corrected chi connectivity index (χ1v) is 7.39. The van der Waals surface area contributed by atoms with E-state index in [-0.39, 0.29) is 28.3 Å². The first-order chi connectivity index (χ1) is 12.5. The van der Waals surface area contributed by atoms with E-state index in [0.717, 1.165) is 6.07 Å². The Kier molecular flexibility index (Phi) is 3.32. The van der Waals surface area contributed by atoms with Crippen LogP contribution in [0.4, 0.5) is 15.9 Å². The lowest BCUT2D eigenvalue weighted by Crippen LogP contribution is -2.14. The number of nitrogen functional groups attached to an aromatic ring is 2. The molecule has 4 rings (SSSR count). The lowest BCUT2D eigenvalue weighted by molar-refractivity contribution is 0.100. The molecule has 0 saturated heterocycles. The van der Waals surface area contributed by atoms with Gasteiger partial charge in [0.05, 0.1) is 22.8 Å². The van der Waals surface area contributed by atoms with Crippen molar-refractivity contribution in [2.24, 2.45) is 5.73 Å². The number of amides is 1. The molecular weight excluding hydrogens is 341 g/mol. The van der Waals surface area contributed by atoms with Gasteiger partial charge in [0.25, 0.3) is 5.91 Å². The normalized spacial score (nSPS) is 11.1. The number of hydrogen-bond acceptors (Lipinski definition) is 7. The number of nitrogens with two attached hydrogens (primary N) is 3. The summed E-state index contributed by atoms with van der Waals surface area (Å²) >= 11 is 0. The zero-order valence-corrected chi connectivity index (χ0v) is 13.2. The number of halogens is 1. The molecule has 10 heteroatoms. The van der Waals surface area contributed by atoms with Gasteiger partial charge in [0.15, 0.2) is 11.4 Å². The third-order valence-electron chi connectivity index (χ3n) is 3.99. The molecule has 4 aromatic rings. The van der Waals surface area contributed by atoms with Crippen LogP contribution in [-0.4, -0.2) is 26.2 Å². The van der Waals surface area contributed by atoms with Gasteiger partial charge in [-0.25, -0.2) is 4.39 Å². The monoisotopic (exact) mass is 353 g/mol. The van der Waals surface area contributed by atoms with Crippen molar-refractivity contribution >= 4 is 28.4 Å². The van der Waals surface area contributed by atoms with Crippen LogP contribution in [-0.2, 0) is 0 Å². The smallest absolute Gasteiger partial charge is 0.250 e. The van der Waals surface area contributed by atoms with Crippen molar-refractivity contribution in [1.29, 1.82) is 0 Å². The van der Waals surface area contributed by atoms with Crippen LogP contribution >= 0.6 is 0 Å². The number of nitrogens with zero attached hydrogens (tertiary/aromatic N) is 3. The molecule has 0 fully saturated rings. The fraction of sp³-hybridized carbons (Fsp3) is 0. The highest BCUT2D eigenvalue weighted by Gasteiger charge is 2.22. The Balaban J connectivity index is 2.03. The molecule has 0 aliphatic rings. The minimum absolute atomic E-state index is 0.00615. The summed E-state index contributed by atoms with van der Waals surface area (Å²) in [6.07, 6.45) is 4.69. The number of fused-ring (bicyclic) bond motifs is 1. The molecule has 0 radical (unpaired) electrons. The Morgan fingerprint density at radius 1 is 1.19 bits per heavy atom. The van der Waals surface area contributed by atoms with Gasteiger partial charge in [0, 0.05) is 34.8 Å². The number of carbonyl (C=O) groups is 1. The maximum Gasteiger partial charge on any atom is 0.250 e. The van der Waals surface area contributed by atoms with Gasteiger partial charge in [-0.2, -0.15) is 5.10 Å². The summed E-state index contributed by atoms with van der Waals surface area (Å²) in [6.45, 7) is 0. The number of anilines is 2. The quantitative estimate of drug-likeness (QED) is 0.407. The number of benzene rings is 1. The van der Waals surface area contributed by atoms with Crippen LogP contribution in [0.2, 0.25) is 0 Å². The summed E-state index contributed by atoms with van der Waals surface area (Å²) in [5.74, 6) is -1.43. The van der Waals surface area contributed by atoms with Crippen LogP contribution in [0.5, 0.6) is 0 Å². The number of aromatic nitrogens is 4. The number of aromatic amines is 1. The van der Waals surface area contributed by atoms with E-state index in [1.807, 2.05) is 0 Å². The van der Waals surface area contributed by atoms with Gasteiger partial charge in [-0.1, -0.05) is 5.16 Å². The van der Waals surface area contributed by atoms with Gasteiger partial charge < -0.3 is 21.7 Å². The predicted octanol–water partition coefficient (Wildman–Crippen LogP) is 1.68. The molecule has 0 aliphatic heterocycles. The van der Waals surface area contributed by atoms with E-state index in [4.69, 9.17) is 21.7 Å².